The number of piperidine rings is 1. The van der Waals surface area contributed by atoms with Gasteiger partial charge in [-0.05, 0) is 45.7 Å². The Hall–Kier alpha value is -0.870. The fraction of sp³-hybridized carbons (Fsp3) is 0.643. The Kier molecular flexibility index (Phi) is 4.40. The Morgan fingerprint density at radius 3 is 2.56 bits per heavy atom. The van der Waals surface area contributed by atoms with Gasteiger partial charge >= 0.3 is 0 Å². The van der Waals surface area contributed by atoms with Gasteiger partial charge in [0.1, 0.15) is 0 Å². The molecule has 0 bridgehead atoms. The summed E-state index contributed by atoms with van der Waals surface area (Å²) in [5.41, 5.74) is 0. The van der Waals surface area contributed by atoms with Crippen LogP contribution in [0.4, 0.5) is 0 Å². The number of aryl methyl sites for hydroxylation is 1. The predicted octanol–water partition coefficient (Wildman–Crippen LogP) is 2.66. The average molecular weight is 266 g/mol. The molecule has 0 radical (unpaired) electrons. The molecule has 1 aromatic rings. The van der Waals surface area contributed by atoms with Crippen molar-refractivity contribution in [2.24, 2.45) is 0 Å². The number of hydrogen-bond acceptors (Lipinski definition) is 3. The minimum Gasteiger partial charge on any atom is -0.349 e. The number of thiophene rings is 1. The maximum absolute atomic E-state index is 12.0. The van der Waals surface area contributed by atoms with E-state index in [2.05, 4.69) is 24.1 Å². The number of hydrogen-bond donors (Lipinski definition) is 1. The van der Waals surface area contributed by atoms with Gasteiger partial charge < -0.3 is 10.2 Å². The Bertz CT molecular complexity index is 406. The van der Waals surface area contributed by atoms with Crippen molar-refractivity contribution in [3.8, 4) is 0 Å². The molecule has 2 heterocycles. The van der Waals surface area contributed by atoms with E-state index >= 15 is 0 Å². The summed E-state index contributed by atoms with van der Waals surface area (Å²) in [5, 5.41) is 3.15. The number of carbonyl (C=O) groups excluding carboxylic acids is 1. The summed E-state index contributed by atoms with van der Waals surface area (Å²) in [6.45, 7) is 8.67. The lowest BCUT2D eigenvalue weighted by atomic mass is 10.0. The lowest BCUT2D eigenvalue weighted by molar-refractivity contribution is 0.0904. The fourth-order valence-electron chi connectivity index (χ4n) is 2.37. The van der Waals surface area contributed by atoms with Crippen LogP contribution in [-0.4, -0.2) is 36.0 Å². The molecular formula is C14H22N2OS. The first-order valence-electron chi connectivity index (χ1n) is 6.67. The first kappa shape index (κ1) is 13.6. The van der Waals surface area contributed by atoms with Crippen molar-refractivity contribution >= 4 is 17.2 Å². The zero-order valence-corrected chi connectivity index (χ0v) is 12.2. The van der Waals surface area contributed by atoms with E-state index in [1.807, 2.05) is 19.1 Å². The standard InChI is InChI=1S/C14H22N2OS/c1-10(2)16-8-6-12(7-9-16)15-14(17)13-5-4-11(3)18-13/h4-5,10,12H,6-9H2,1-3H3,(H,15,17). The summed E-state index contributed by atoms with van der Waals surface area (Å²) in [7, 11) is 0. The first-order valence-corrected chi connectivity index (χ1v) is 7.49. The van der Waals surface area contributed by atoms with Crippen molar-refractivity contribution < 1.29 is 4.79 Å². The molecule has 0 aliphatic carbocycles. The zero-order valence-electron chi connectivity index (χ0n) is 11.4. The molecule has 1 aliphatic rings. The maximum atomic E-state index is 12.0. The fourth-order valence-corrected chi connectivity index (χ4v) is 3.14. The monoisotopic (exact) mass is 266 g/mol. The van der Waals surface area contributed by atoms with Crippen LogP contribution in [0.3, 0.4) is 0 Å². The first-order chi connectivity index (χ1) is 8.56. The van der Waals surface area contributed by atoms with Crippen molar-refractivity contribution in [2.45, 2.75) is 45.7 Å². The molecule has 0 aromatic carbocycles. The minimum absolute atomic E-state index is 0.0936. The normalized spacial score (nSPS) is 18.2. The van der Waals surface area contributed by atoms with Gasteiger partial charge in [-0.2, -0.15) is 0 Å². The maximum Gasteiger partial charge on any atom is 0.261 e. The molecule has 0 atom stereocenters. The van der Waals surface area contributed by atoms with Crippen molar-refractivity contribution in [3.63, 3.8) is 0 Å². The van der Waals surface area contributed by atoms with Gasteiger partial charge in [0.15, 0.2) is 0 Å². The smallest absolute Gasteiger partial charge is 0.261 e. The molecule has 1 fully saturated rings. The van der Waals surface area contributed by atoms with Crippen LogP contribution in [-0.2, 0) is 0 Å². The summed E-state index contributed by atoms with van der Waals surface area (Å²) in [5.74, 6) is 0.0936. The molecule has 0 saturated carbocycles. The van der Waals surface area contributed by atoms with Gasteiger partial charge in [-0.1, -0.05) is 0 Å². The molecule has 4 heteroatoms. The molecule has 1 N–H and O–H groups in total. The third kappa shape index (κ3) is 3.33. The van der Waals surface area contributed by atoms with E-state index in [-0.39, 0.29) is 5.91 Å². The Labute approximate surface area is 113 Å². The van der Waals surface area contributed by atoms with Gasteiger partial charge in [0.2, 0.25) is 0 Å². The average Bonchev–Trinajstić information content (AvgIpc) is 2.76. The molecule has 1 amide bonds. The molecule has 0 spiro atoms. The molecule has 1 aliphatic heterocycles. The van der Waals surface area contributed by atoms with Crippen LogP contribution in [0.5, 0.6) is 0 Å². The molecule has 0 unspecified atom stereocenters. The number of nitrogens with one attached hydrogen (secondary N) is 1. The van der Waals surface area contributed by atoms with Crippen molar-refractivity contribution in [2.75, 3.05) is 13.1 Å². The number of rotatable bonds is 3. The van der Waals surface area contributed by atoms with Gasteiger partial charge in [0.05, 0.1) is 4.88 Å². The van der Waals surface area contributed by atoms with E-state index in [1.165, 1.54) is 4.88 Å². The summed E-state index contributed by atoms with van der Waals surface area (Å²) in [6, 6.07) is 4.87. The SMILES string of the molecule is Cc1ccc(C(=O)NC2CCN(C(C)C)CC2)s1. The van der Waals surface area contributed by atoms with Crippen molar-refractivity contribution in [3.05, 3.63) is 21.9 Å². The van der Waals surface area contributed by atoms with Crippen LogP contribution >= 0.6 is 11.3 Å². The Balaban J connectivity index is 1.83. The quantitative estimate of drug-likeness (QED) is 0.912. The van der Waals surface area contributed by atoms with Crippen LogP contribution in [0.15, 0.2) is 12.1 Å². The zero-order chi connectivity index (χ0) is 13.1. The van der Waals surface area contributed by atoms with Crippen LogP contribution in [0, 0.1) is 6.92 Å². The predicted molar refractivity (Wildman–Crippen MR) is 76.3 cm³/mol. The van der Waals surface area contributed by atoms with Crippen LogP contribution in [0.1, 0.15) is 41.2 Å². The highest BCUT2D eigenvalue weighted by molar-refractivity contribution is 7.13. The highest BCUT2D eigenvalue weighted by Crippen LogP contribution is 2.17. The van der Waals surface area contributed by atoms with Crippen LogP contribution in [0.2, 0.25) is 0 Å². The highest BCUT2D eigenvalue weighted by Gasteiger charge is 2.22. The van der Waals surface area contributed by atoms with Gasteiger partial charge in [-0.25, -0.2) is 0 Å². The minimum atomic E-state index is 0.0936. The Morgan fingerprint density at radius 1 is 1.39 bits per heavy atom. The summed E-state index contributed by atoms with van der Waals surface area (Å²) < 4.78 is 0. The van der Waals surface area contributed by atoms with Crippen LogP contribution < -0.4 is 5.32 Å². The third-order valence-electron chi connectivity index (χ3n) is 3.56. The van der Waals surface area contributed by atoms with Gasteiger partial charge in [-0.15, -0.1) is 11.3 Å². The van der Waals surface area contributed by atoms with Crippen molar-refractivity contribution in [1.29, 1.82) is 0 Å². The summed E-state index contributed by atoms with van der Waals surface area (Å²) >= 11 is 1.57. The molecule has 100 valence electrons. The van der Waals surface area contributed by atoms with E-state index in [9.17, 15) is 4.79 Å². The Morgan fingerprint density at radius 2 is 2.06 bits per heavy atom. The molecular weight excluding hydrogens is 244 g/mol. The molecule has 1 saturated heterocycles. The lowest BCUT2D eigenvalue weighted by Crippen LogP contribution is -2.46. The third-order valence-corrected chi connectivity index (χ3v) is 4.56. The van der Waals surface area contributed by atoms with Gasteiger partial charge in [0.25, 0.3) is 5.91 Å². The number of likely N-dealkylation sites (tertiary alicyclic amines) is 1. The second kappa shape index (κ2) is 5.85. The van der Waals surface area contributed by atoms with E-state index in [0.717, 1.165) is 30.8 Å². The van der Waals surface area contributed by atoms with E-state index in [0.29, 0.717) is 12.1 Å². The number of carbonyl (C=O) groups is 1. The molecule has 3 nitrogen and oxygen atoms in total. The van der Waals surface area contributed by atoms with E-state index in [1.54, 1.807) is 11.3 Å². The number of nitrogens with zero attached hydrogens (tertiary/aromatic N) is 1. The van der Waals surface area contributed by atoms with E-state index < -0.39 is 0 Å². The highest BCUT2D eigenvalue weighted by atomic mass is 32.1. The lowest BCUT2D eigenvalue weighted by Gasteiger charge is -2.34. The van der Waals surface area contributed by atoms with Crippen LogP contribution in [0.25, 0.3) is 0 Å². The second-order valence-electron chi connectivity index (χ2n) is 5.29. The molecule has 18 heavy (non-hydrogen) atoms. The van der Waals surface area contributed by atoms with Gasteiger partial charge in [0, 0.05) is 30.1 Å². The topological polar surface area (TPSA) is 32.3 Å². The summed E-state index contributed by atoms with van der Waals surface area (Å²) in [6.07, 6.45) is 2.13. The largest absolute Gasteiger partial charge is 0.349 e. The van der Waals surface area contributed by atoms with Gasteiger partial charge in [-0.3, -0.25) is 4.79 Å². The molecule has 2 rings (SSSR count). The molecule has 1 aromatic heterocycles. The summed E-state index contributed by atoms with van der Waals surface area (Å²) in [4.78, 5) is 16.5. The van der Waals surface area contributed by atoms with Crippen molar-refractivity contribution in [1.82, 2.24) is 10.2 Å². The second-order valence-corrected chi connectivity index (χ2v) is 6.58. The van der Waals surface area contributed by atoms with E-state index in [4.69, 9.17) is 0 Å². The number of amides is 1.